The second kappa shape index (κ2) is 6.87. The topological polar surface area (TPSA) is 88.9 Å². The highest BCUT2D eigenvalue weighted by molar-refractivity contribution is 5.53. The van der Waals surface area contributed by atoms with Crippen LogP contribution < -0.4 is 10.3 Å². The van der Waals surface area contributed by atoms with Crippen molar-refractivity contribution in [1.82, 2.24) is 29.4 Å². The predicted octanol–water partition coefficient (Wildman–Crippen LogP) is 1.66. The molecule has 0 radical (unpaired) electrons. The summed E-state index contributed by atoms with van der Waals surface area (Å²) in [6.45, 7) is 3.47. The smallest absolute Gasteiger partial charge is 0.316 e. The molecule has 28 heavy (non-hydrogen) atoms. The van der Waals surface area contributed by atoms with E-state index in [0.29, 0.717) is 29.2 Å². The first-order valence-corrected chi connectivity index (χ1v) is 9.52. The molecule has 8 nitrogen and oxygen atoms in total. The molecular weight excluding hydrogens is 356 g/mol. The highest BCUT2D eigenvalue weighted by Crippen LogP contribution is 2.36. The minimum atomic E-state index is 0.0548. The lowest BCUT2D eigenvalue weighted by Crippen LogP contribution is -2.47. The van der Waals surface area contributed by atoms with Crippen LogP contribution in [0.3, 0.4) is 0 Å². The second-order valence-electron chi connectivity index (χ2n) is 7.60. The van der Waals surface area contributed by atoms with Crippen molar-refractivity contribution in [2.45, 2.75) is 25.4 Å². The number of pyridine rings is 1. The van der Waals surface area contributed by atoms with Crippen molar-refractivity contribution in [2.75, 3.05) is 20.2 Å². The van der Waals surface area contributed by atoms with Gasteiger partial charge in [0, 0.05) is 68.1 Å². The molecule has 5 heterocycles. The predicted molar refractivity (Wildman–Crippen MR) is 103 cm³/mol. The first-order chi connectivity index (χ1) is 13.7. The SMILES string of the molecule is COc1ncc(CN2C[C@@H]3C[C@H](C2)c2ccc(-c4ncc[nH]4)c(=O)n2C3)cn1. The summed E-state index contributed by atoms with van der Waals surface area (Å²) in [5.74, 6) is 1.47. The van der Waals surface area contributed by atoms with Crippen molar-refractivity contribution in [3.05, 3.63) is 58.5 Å². The number of aromatic amines is 1. The van der Waals surface area contributed by atoms with E-state index in [2.05, 4.69) is 30.9 Å². The van der Waals surface area contributed by atoms with Crippen molar-refractivity contribution in [2.24, 2.45) is 5.92 Å². The van der Waals surface area contributed by atoms with E-state index in [1.165, 1.54) is 0 Å². The second-order valence-corrected chi connectivity index (χ2v) is 7.60. The van der Waals surface area contributed by atoms with Gasteiger partial charge in [-0.3, -0.25) is 9.69 Å². The highest BCUT2D eigenvalue weighted by atomic mass is 16.5. The Morgan fingerprint density at radius 2 is 2.04 bits per heavy atom. The molecule has 1 fully saturated rings. The molecule has 0 unspecified atom stereocenters. The van der Waals surface area contributed by atoms with Crippen molar-refractivity contribution < 1.29 is 4.74 Å². The number of nitrogens with zero attached hydrogens (tertiary/aromatic N) is 5. The molecule has 0 spiro atoms. The number of imidazole rings is 1. The third kappa shape index (κ3) is 2.99. The third-order valence-corrected chi connectivity index (χ3v) is 5.70. The molecule has 2 bridgehead atoms. The molecule has 0 saturated carbocycles. The zero-order chi connectivity index (χ0) is 19.1. The van der Waals surface area contributed by atoms with Crippen LogP contribution in [0.15, 0.2) is 41.7 Å². The summed E-state index contributed by atoms with van der Waals surface area (Å²) in [6.07, 6.45) is 8.20. The van der Waals surface area contributed by atoms with Gasteiger partial charge in [-0.2, -0.15) is 0 Å². The third-order valence-electron chi connectivity index (χ3n) is 5.70. The number of ether oxygens (including phenoxy) is 1. The lowest BCUT2D eigenvalue weighted by Gasteiger charge is -2.42. The summed E-state index contributed by atoms with van der Waals surface area (Å²) in [7, 11) is 1.57. The Labute approximate surface area is 162 Å². The molecule has 2 aliphatic heterocycles. The molecule has 5 rings (SSSR count). The van der Waals surface area contributed by atoms with Crippen LogP contribution >= 0.6 is 0 Å². The Hall–Kier alpha value is -3.00. The Morgan fingerprint density at radius 3 is 2.79 bits per heavy atom. The summed E-state index contributed by atoms with van der Waals surface area (Å²) >= 11 is 0. The van der Waals surface area contributed by atoms with Crippen LogP contribution in [0.2, 0.25) is 0 Å². The number of aromatic nitrogens is 5. The van der Waals surface area contributed by atoms with Gasteiger partial charge in [0.05, 0.1) is 12.7 Å². The maximum absolute atomic E-state index is 13.0. The molecule has 0 aromatic carbocycles. The van der Waals surface area contributed by atoms with Crippen LogP contribution in [0.1, 0.15) is 23.6 Å². The average Bonchev–Trinajstić information content (AvgIpc) is 3.24. The minimum Gasteiger partial charge on any atom is -0.467 e. The van der Waals surface area contributed by atoms with Gasteiger partial charge < -0.3 is 14.3 Å². The highest BCUT2D eigenvalue weighted by Gasteiger charge is 2.35. The summed E-state index contributed by atoms with van der Waals surface area (Å²) in [5, 5.41) is 0. The van der Waals surface area contributed by atoms with Crippen molar-refractivity contribution in [3.63, 3.8) is 0 Å². The maximum Gasteiger partial charge on any atom is 0.316 e. The Morgan fingerprint density at radius 1 is 1.18 bits per heavy atom. The molecule has 1 saturated heterocycles. The largest absolute Gasteiger partial charge is 0.467 e. The van der Waals surface area contributed by atoms with Crippen LogP contribution in [0.25, 0.3) is 11.4 Å². The molecule has 2 atom stereocenters. The van der Waals surface area contributed by atoms with Crippen LogP contribution in [-0.2, 0) is 13.1 Å². The zero-order valence-electron chi connectivity index (χ0n) is 15.7. The number of hydrogen-bond donors (Lipinski definition) is 1. The van der Waals surface area contributed by atoms with Gasteiger partial charge in [-0.25, -0.2) is 15.0 Å². The molecule has 3 aromatic rings. The van der Waals surface area contributed by atoms with E-state index in [9.17, 15) is 4.79 Å². The van der Waals surface area contributed by atoms with E-state index in [-0.39, 0.29) is 5.56 Å². The zero-order valence-corrected chi connectivity index (χ0v) is 15.7. The van der Waals surface area contributed by atoms with Crippen LogP contribution in [0.5, 0.6) is 6.01 Å². The number of methoxy groups -OCH3 is 1. The van der Waals surface area contributed by atoms with E-state index in [0.717, 1.165) is 43.9 Å². The normalized spacial score (nSPS) is 21.3. The lowest BCUT2D eigenvalue weighted by atomic mass is 9.83. The quantitative estimate of drug-likeness (QED) is 0.743. The monoisotopic (exact) mass is 378 g/mol. The Balaban J connectivity index is 1.39. The van der Waals surface area contributed by atoms with Gasteiger partial charge in [0.15, 0.2) is 0 Å². The average molecular weight is 378 g/mol. The van der Waals surface area contributed by atoms with Gasteiger partial charge in [0.2, 0.25) is 0 Å². The standard InChI is InChI=1S/C20H22N6O2/c1-28-20-23-7-14(8-24-20)10-25-9-13-6-15(12-25)17-3-2-16(18-21-4-5-22-18)19(27)26(17)11-13/h2-5,7-8,13,15H,6,9-12H2,1H3,(H,21,22)/t13-,15+/m0/s1. The first kappa shape index (κ1) is 17.1. The molecule has 3 aromatic heterocycles. The van der Waals surface area contributed by atoms with E-state index in [4.69, 9.17) is 4.74 Å². The van der Waals surface area contributed by atoms with E-state index in [1.807, 2.05) is 23.0 Å². The molecule has 0 aliphatic carbocycles. The Kier molecular flexibility index (Phi) is 4.20. The molecule has 0 amide bonds. The number of rotatable bonds is 4. The van der Waals surface area contributed by atoms with Gasteiger partial charge >= 0.3 is 6.01 Å². The number of fused-ring (bicyclic) bond motifs is 4. The fourth-order valence-electron chi connectivity index (χ4n) is 4.56. The van der Waals surface area contributed by atoms with E-state index in [1.54, 1.807) is 19.5 Å². The van der Waals surface area contributed by atoms with Crippen LogP contribution in [0, 0.1) is 5.92 Å². The molecule has 8 heteroatoms. The van der Waals surface area contributed by atoms with Gasteiger partial charge in [-0.05, 0) is 24.5 Å². The number of piperidine rings is 1. The fourth-order valence-corrected chi connectivity index (χ4v) is 4.56. The van der Waals surface area contributed by atoms with Crippen LogP contribution in [0.4, 0.5) is 0 Å². The van der Waals surface area contributed by atoms with Crippen molar-refractivity contribution in [1.29, 1.82) is 0 Å². The van der Waals surface area contributed by atoms with Crippen molar-refractivity contribution in [3.8, 4) is 17.4 Å². The summed E-state index contributed by atoms with van der Waals surface area (Å²) in [4.78, 5) is 31.2. The first-order valence-electron chi connectivity index (χ1n) is 9.52. The number of likely N-dealkylation sites (tertiary alicyclic amines) is 1. The van der Waals surface area contributed by atoms with Gasteiger partial charge in [0.1, 0.15) is 5.82 Å². The van der Waals surface area contributed by atoms with Crippen LogP contribution in [-0.4, -0.2) is 49.6 Å². The van der Waals surface area contributed by atoms with Crippen molar-refractivity contribution >= 4 is 0 Å². The van der Waals surface area contributed by atoms with E-state index >= 15 is 0 Å². The Bertz CT molecular complexity index is 1030. The number of nitrogens with one attached hydrogen (secondary N) is 1. The van der Waals surface area contributed by atoms with Gasteiger partial charge in [-0.15, -0.1) is 0 Å². The summed E-state index contributed by atoms with van der Waals surface area (Å²) in [5.41, 5.74) is 2.90. The fraction of sp³-hybridized carbons (Fsp3) is 0.400. The van der Waals surface area contributed by atoms with Gasteiger partial charge in [-0.1, -0.05) is 0 Å². The minimum absolute atomic E-state index is 0.0548. The number of hydrogen-bond acceptors (Lipinski definition) is 6. The molecular formula is C20H22N6O2. The summed E-state index contributed by atoms with van der Waals surface area (Å²) in [6, 6.07) is 4.39. The summed E-state index contributed by atoms with van der Waals surface area (Å²) < 4.78 is 6.99. The lowest BCUT2D eigenvalue weighted by molar-refractivity contribution is 0.114. The molecule has 144 valence electrons. The molecule has 2 aliphatic rings. The van der Waals surface area contributed by atoms with E-state index < -0.39 is 0 Å². The molecule has 1 N–H and O–H groups in total. The number of H-pyrrole nitrogens is 1. The van der Waals surface area contributed by atoms with Gasteiger partial charge in [0.25, 0.3) is 5.56 Å². The maximum atomic E-state index is 13.0.